The Morgan fingerprint density at radius 2 is 1.94 bits per heavy atom. The predicted octanol–water partition coefficient (Wildman–Crippen LogP) is 3.10. The van der Waals surface area contributed by atoms with E-state index in [-0.39, 0.29) is 16.9 Å². The first kappa shape index (κ1) is 12.4. The molecule has 0 aromatic carbocycles. The maximum absolute atomic E-state index is 12.4. The fourth-order valence-corrected chi connectivity index (χ4v) is 4.95. The summed E-state index contributed by atoms with van der Waals surface area (Å²) in [6, 6.07) is 0. The molecule has 18 heavy (non-hydrogen) atoms. The summed E-state index contributed by atoms with van der Waals surface area (Å²) in [6.07, 6.45) is 3.39. The van der Waals surface area contributed by atoms with Gasteiger partial charge in [0.05, 0.1) is 6.10 Å². The van der Waals surface area contributed by atoms with E-state index in [4.69, 9.17) is 0 Å². The van der Waals surface area contributed by atoms with Crippen molar-refractivity contribution >= 4 is 5.78 Å². The number of allylic oxidation sites excluding steroid dienone is 2. The molecule has 0 heterocycles. The Balaban J connectivity index is 2.13. The normalized spacial score (nSPS) is 46.3. The van der Waals surface area contributed by atoms with E-state index in [0.717, 1.165) is 24.8 Å². The molecule has 2 heteroatoms. The van der Waals surface area contributed by atoms with Crippen LogP contribution in [0, 0.1) is 22.7 Å². The van der Waals surface area contributed by atoms with Crippen LogP contribution in [0.15, 0.2) is 11.1 Å². The summed E-state index contributed by atoms with van der Waals surface area (Å²) >= 11 is 0. The molecule has 1 saturated carbocycles. The first-order valence-electron chi connectivity index (χ1n) is 7.23. The maximum Gasteiger partial charge on any atom is 0.159 e. The number of rotatable bonds is 0. The Morgan fingerprint density at radius 3 is 2.61 bits per heavy atom. The third-order valence-corrected chi connectivity index (χ3v) is 6.17. The molecule has 3 aliphatic rings. The van der Waals surface area contributed by atoms with Crippen LogP contribution in [0.2, 0.25) is 0 Å². The summed E-state index contributed by atoms with van der Waals surface area (Å²) < 4.78 is 0. The third-order valence-electron chi connectivity index (χ3n) is 6.17. The summed E-state index contributed by atoms with van der Waals surface area (Å²) in [7, 11) is 0. The first-order chi connectivity index (χ1) is 8.28. The number of carbonyl (C=O) groups excluding carboxylic acids is 1. The van der Waals surface area contributed by atoms with E-state index in [9.17, 15) is 9.90 Å². The number of carbonyl (C=O) groups is 1. The van der Waals surface area contributed by atoms with E-state index < -0.39 is 0 Å². The number of hydrogen-bond acceptors (Lipinski definition) is 2. The van der Waals surface area contributed by atoms with Crippen molar-refractivity contribution in [1.82, 2.24) is 0 Å². The van der Waals surface area contributed by atoms with Gasteiger partial charge in [-0.2, -0.15) is 0 Å². The highest BCUT2D eigenvalue weighted by Gasteiger charge is 2.60. The van der Waals surface area contributed by atoms with Gasteiger partial charge < -0.3 is 5.11 Å². The van der Waals surface area contributed by atoms with E-state index in [1.807, 2.05) is 0 Å². The molecule has 1 fully saturated rings. The molecule has 0 spiro atoms. The molecular formula is C16H24O2. The number of aliphatic hydroxyl groups excluding tert-OH is 1. The fourth-order valence-electron chi connectivity index (χ4n) is 4.95. The molecule has 0 aromatic rings. The molecule has 0 unspecified atom stereocenters. The number of fused-ring (bicyclic) bond motifs is 2. The van der Waals surface area contributed by atoms with Gasteiger partial charge in [-0.25, -0.2) is 0 Å². The number of aliphatic hydroxyl groups is 1. The van der Waals surface area contributed by atoms with Gasteiger partial charge in [0.25, 0.3) is 0 Å². The van der Waals surface area contributed by atoms with Crippen LogP contribution in [0.25, 0.3) is 0 Å². The molecular weight excluding hydrogens is 224 g/mol. The summed E-state index contributed by atoms with van der Waals surface area (Å²) in [5, 5.41) is 10.4. The van der Waals surface area contributed by atoms with Gasteiger partial charge in [0.15, 0.2) is 5.78 Å². The molecule has 4 atom stereocenters. The molecule has 2 nitrogen and oxygen atoms in total. The average molecular weight is 248 g/mol. The van der Waals surface area contributed by atoms with Crippen molar-refractivity contribution in [3.05, 3.63) is 11.1 Å². The molecule has 0 amide bonds. The minimum atomic E-state index is -0.275. The molecule has 3 aliphatic carbocycles. The quantitative estimate of drug-likeness (QED) is 0.715. The SMILES string of the molecule is C[C@@H]1CCC2=C1C(=O)C[C@H]1C(C)(C)[C@H](O)C[C@@]21C. The van der Waals surface area contributed by atoms with Crippen molar-refractivity contribution in [2.75, 3.05) is 0 Å². The van der Waals surface area contributed by atoms with Crippen molar-refractivity contribution in [1.29, 1.82) is 0 Å². The predicted molar refractivity (Wildman–Crippen MR) is 71.0 cm³/mol. The van der Waals surface area contributed by atoms with Gasteiger partial charge in [-0.05, 0) is 47.5 Å². The number of ketones is 1. The van der Waals surface area contributed by atoms with Crippen LogP contribution in [0.1, 0.15) is 53.4 Å². The molecule has 0 radical (unpaired) electrons. The molecule has 0 bridgehead atoms. The zero-order valence-electron chi connectivity index (χ0n) is 11.9. The van der Waals surface area contributed by atoms with Crippen LogP contribution in [0.5, 0.6) is 0 Å². The topological polar surface area (TPSA) is 37.3 Å². The lowest BCUT2D eigenvalue weighted by molar-refractivity contribution is -0.119. The molecule has 100 valence electrons. The van der Waals surface area contributed by atoms with Crippen molar-refractivity contribution in [3.8, 4) is 0 Å². The Hall–Kier alpha value is -0.630. The lowest BCUT2D eigenvalue weighted by Gasteiger charge is -2.42. The van der Waals surface area contributed by atoms with Gasteiger partial charge in [-0.3, -0.25) is 4.79 Å². The van der Waals surface area contributed by atoms with Crippen LogP contribution < -0.4 is 0 Å². The number of hydrogen-bond donors (Lipinski definition) is 1. The van der Waals surface area contributed by atoms with Crippen LogP contribution in [-0.2, 0) is 4.79 Å². The summed E-state index contributed by atoms with van der Waals surface area (Å²) in [4.78, 5) is 12.4. The smallest absolute Gasteiger partial charge is 0.159 e. The Kier molecular flexibility index (Phi) is 2.39. The Labute approximate surface area is 109 Å². The summed E-state index contributed by atoms with van der Waals surface area (Å²) in [5.41, 5.74) is 2.45. The summed E-state index contributed by atoms with van der Waals surface area (Å²) in [5.74, 6) is 1.11. The molecule has 3 rings (SSSR count). The third kappa shape index (κ3) is 1.30. The monoisotopic (exact) mass is 248 g/mol. The second-order valence-electron chi connectivity index (χ2n) is 7.47. The minimum absolute atomic E-state index is 0.0664. The van der Waals surface area contributed by atoms with Crippen molar-refractivity contribution in [2.24, 2.45) is 22.7 Å². The zero-order valence-corrected chi connectivity index (χ0v) is 11.9. The Bertz CT molecular complexity index is 446. The van der Waals surface area contributed by atoms with Gasteiger partial charge in [-0.15, -0.1) is 0 Å². The largest absolute Gasteiger partial charge is 0.393 e. The second kappa shape index (κ2) is 3.47. The maximum atomic E-state index is 12.4. The van der Waals surface area contributed by atoms with Gasteiger partial charge in [0.1, 0.15) is 0 Å². The zero-order chi connectivity index (χ0) is 13.3. The van der Waals surface area contributed by atoms with Gasteiger partial charge >= 0.3 is 0 Å². The van der Waals surface area contributed by atoms with Gasteiger partial charge in [-0.1, -0.05) is 33.3 Å². The standard InChI is InChI=1S/C16H24O2/c1-9-5-6-10-14(9)11(17)7-12-15(2,3)13(18)8-16(10,12)4/h9,12-13,18H,5-8H2,1-4H3/t9-,12+,13-,16+/m1/s1. The van der Waals surface area contributed by atoms with Gasteiger partial charge in [0, 0.05) is 6.42 Å². The Morgan fingerprint density at radius 1 is 1.28 bits per heavy atom. The molecule has 1 N–H and O–H groups in total. The van der Waals surface area contributed by atoms with E-state index in [0.29, 0.717) is 24.0 Å². The van der Waals surface area contributed by atoms with Crippen LogP contribution >= 0.6 is 0 Å². The van der Waals surface area contributed by atoms with E-state index in [1.165, 1.54) is 5.57 Å². The lowest BCUT2D eigenvalue weighted by Crippen LogP contribution is -2.39. The lowest BCUT2D eigenvalue weighted by atomic mass is 9.61. The molecule has 0 aromatic heterocycles. The van der Waals surface area contributed by atoms with Crippen molar-refractivity contribution < 1.29 is 9.90 Å². The van der Waals surface area contributed by atoms with Crippen LogP contribution in [-0.4, -0.2) is 17.0 Å². The fraction of sp³-hybridized carbons (Fsp3) is 0.812. The van der Waals surface area contributed by atoms with Gasteiger partial charge in [0.2, 0.25) is 0 Å². The van der Waals surface area contributed by atoms with E-state index >= 15 is 0 Å². The summed E-state index contributed by atoms with van der Waals surface area (Å²) in [6.45, 7) is 8.73. The minimum Gasteiger partial charge on any atom is -0.393 e. The van der Waals surface area contributed by atoms with Crippen LogP contribution in [0.3, 0.4) is 0 Å². The number of Topliss-reactive ketones (excluding diaryl/α,β-unsaturated/α-hetero) is 1. The van der Waals surface area contributed by atoms with E-state index in [2.05, 4.69) is 27.7 Å². The highest BCUT2D eigenvalue weighted by atomic mass is 16.3. The second-order valence-corrected chi connectivity index (χ2v) is 7.47. The van der Waals surface area contributed by atoms with Crippen LogP contribution in [0.4, 0.5) is 0 Å². The van der Waals surface area contributed by atoms with Crippen molar-refractivity contribution in [3.63, 3.8) is 0 Å². The van der Waals surface area contributed by atoms with Crippen molar-refractivity contribution in [2.45, 2.75) is 59.5 Å². The first-order valence-corrected chi connectivity index (χ1v) is 7.23. The average Bonchev–Trinajstić information content (AvgIpc) is 2.73. The van der Waals surface area contributed by atoms with E-state index in [1.54, 1.807) is 0 Å². The molecule has 0 saturated heterocycles. The highest BCUT2D eigenvalue weighted by molar-refractivity contribution is 5.98. The molecule has 0 aliphatic heterocycles. The highest BCUT2D eigenvalue weighted by Crippen LogP contribution is 2.64.